The molecule has 2 aromatic heterocycles. The highest BCUT2D eigenvalue weighted by Crippen LogP contribution is 2.21. The molecular weight excluding hydrogens is 200 g/mol. The Hall–Kier alpha value is -1.97. The fraction of sp³-hybridized carbons (Fsp3) is 0.250. The normalized spacial score (nSPS) is 10.2. The summed E-state index contributed by atoms with van der Waals surface area (Å²) in [6, 6.07) is 3.91. The van der Waals surface area contributed by atoms with Crippen molar-refractivity contribution in [2.45, 2.75) is 13.8 Å². The van der Waals surface area contributed by atoms with E-state index in [1.807, 2.05) is 39.2 Å². The van der Waals surface area contributed by atoms with Crippen LogP contribution in [0.15, 0.2) is 24.5 Å². The Kier molecular flexibility index (Phi) is 2.81. The summed E-state index contributed by atoms with van der Waals surface area (Å²) in [5, 5.41) is 3.03. The lowest BCUT2D eigenvalue weighted by molar-refractivity contribution is 1.05. The molecule has 1 N–H and O–H groups in total. The van der Waals surface area contributed by atoms with E-state index in [-0.39, 0.29) is 0 Å². The molecule has 0 radical (unpaired) electrons. The van der Waals surface area contributed by atoms with E-state index in [0.717, 1.165) is 28.5 Å². The van der Waals surface area contributed by atoms with Gasteiger partial charge in [0, 0.05) is 31.1 Å². The monoisotopic (exact) mass is 214 g/mol. The highest BCUT2D eigenvalue weighted by molar-refractivity contribution is 5.64. The number of anilines is 1. The Morgan fingerprint density at radius 3 is 2.69 bits per heavy atom. The van der Waals surface area contributed by atoms with Crippen molar-refractivity contribution in [2.75, 3.05) is 12.4 Å². The number of aryl methyl sites for hydroxylation is 2. The van der Waals surface area contributed by atoms with E-state index >= 15 is 0 Å². The van der Waals surface area contributed by atoms with Crippen molar-refractivity contribution in [3.8, 4) is 11.3 Å². The summed E-state index contributed by atoms with van der Waals surface area (Å²) in [7, 11) is 1.85. The van der Waals surface area contributed by atoms with Crippen molar-refractivity contribution in [2.24, 2.45) is 0 Å². The van der Waals surface area contributed by atoms with Crippen molar-refractivity contribution in [1.29, 1.82) is 0 Å². The number of rotatable bonds is 2. The van der Waals surface area contributed by atoms with E-state index in [1.165, 1.54) is 0 Å². The Bertz CT molecular complexity index is 508. The van der Waals surface area contributed by atoms with Gasteiger partial charge in [0.2, 0.25) is 0 Å². The van der Waals surface area contributed by atoms with Crippen molar-refractivity contribution in [1.82, 2.24) is 15.0 Å². The van der Waals surface area contributed by atoms with Gasteiger partial charge in [0.15, 0.2) is 0 Å². The summed E-state index contributed by atoms with van der Waals surface area (Å²) in [6.07, 6.45) is 3.61. The Balaban J connectivity index is 2.56. The minimum atomic E-state index is 0.755. The Morgan fingerprint density at radius 2 is 2.00 bits per heavy atom. The zero-order chi connectivity index (χ0) is 11.5. The number of aromatic nitrogens is 3. The molecule has 0 aliphatic heterocycles. The average molecular weight is 214 g/mol. The van der Waals surface area contributed by atoms with E-state index in [4.69, 9.17) is 0 Å². The molecule has 0 fully saturated rings. The predicted molar refractivity (Wildman–Crippen MR) is 64.3 cm³/mol. The highest BCUT2D eigenvalue weighted by atomic mass is 15.0. The third-order valence-electron chi connectivity index (χ3n) is 2.41. The van der Waals surface area contributed by atoms with Crippen molar-refractivity contribution in [3.05, 3.63) is 35.9 Å². The number of hydrogen-bond donors (Lipinski definition) is 1. The minimum Gasteiger partial charge on any atom is -0.373 e. The second-order valence-corrected chi connectivity index (χ2v) is 3.63. The lowest BCUT2D eigenvalue weighted by Crippen LogP contribution is -1.99. The van der Waals surface area contributed by atoms with Crippen molar-refractivity contribution >= 4 is 5.82 Å². The molecule has 0 aromatic carbocycles. The fourth-order valence-electron chi connectivity index (χ4n) is 1.57. The van der Waals surface area contributed by atoms with E-state index in [0.29, 0.717) is 0 Å². The van der Waals surface area contributed by atoms with Gasteiger partial charge < -0.3 is 5.32 Å². The number of nitrogens with zero attached hydrogens (tertiary/aromatic N) is 3. The first-order valence-electron chi connectivity index (χ1n) is 5.15. The molecule has 0 aliphatic rings. The molecule has 0 amide bonds. The van der Waals surface area contributed by atoms with Crippen LogP contribution in [0.2, 0.25) is 0 Å². The minimum absolute atomic E-state index is 0.755. The maximum Gasteiger partial charge on any atom is 0.130 e. The van der Waals surface area contributed by atoms with Crippen LogP contribution in [0.4, 0.5) is 5.82 Å². The quantitative estimate of drug-likeness (QED) is 0.832. The summed E-state index contributed by atoms with van der Waals surface area (Å²) >= 11 is 0. The van der Waals surface area contributed by atoms with Gasteiger partial charge in [-0.1, -0.05) is 0 Å². The van der Waals surface area contributed by atoms with Gasteiger partial charge in [-0.25, -0.2) is 9.97 Å². The van der Waals surface area contributed by atoms with Crippen LogP contribution in [0.3, 0.4) is 0 Å². The lowest BCUT2D eigenvalue weighted by atomic mass is 10.1. The van der Waals surface area contributed by atoms with Crippen LogP contribution < -0.4 is 5.32 Å². The molecule has 2 heterocycles. The SMILES string of the molecule is CNc1cc(-c2cnccc2C)nc(C)n1. The third-order valence-corrected chi connectivity index (χ3v) is 2.41. The first-order chi connectivity index (χ1) is 7.70. The summed E-state index contributed by atoms with van der Waals surface area (Å²) in [5.74, 6) is 1.58. The van der Waals surface area contributed by atoms with Gasteiger partial charge in [0.05, 0.1) is 5.69 Å². The van der Waals surface area contributed by atoms with Crippen molar-refractivity contribution in [3.63, 3.8) is 0 Å². The van der Waals surface area contributed by atoms with E-state index in [2.05, 4.69) is 20.3 Å². The standard InChI is InChI=1S/C12H14N4/c1-8-4-5-14-7-10(8)11-6-12(13-3)16-9(2)15-11/h4-7H,1-3H3,(H,13,15,16). The molecule has 2 rings (SSSR count). The molecule has 4 heteroatoms. The Morgan fingerprint density at radius 1 is 1.19 bits per heavy atom. The second-order valence-electron chi connectivity index (χ2n) is 3.63. The van der Waals surface area contributed by atoms with Crippen LogP contribution in [0.1, 0.15) is 11.4 Å². The number of hydrogen-bond acceptors (Lipinski definition) is 4. The average Bonchev–Trinajstić information content (AvgIpc) is 2.28. The zero-order valence-corrected chi connectivity index (χ0v) is 9.65. The van der Waals surface area contributed by atoms with Crippen molar-refractivity contribution < 1.29 is 0 Å². The van der Waals surface area contributed by atoms with Gasteiger partial charge in [-0.3, -0.25) is 4.98 Å². The van der Waals surface area contributed by atoms with Crippen LogP contribution >= 0.6 is 0 Å². The van der Waals surface area contributed by atoms with Crippen LogP contribution in [-0.4, -0.2) is 22.0 Å². The van der Waals surface area contributed by atoms with Gasteiger partial charge in [0.1, 0.15) is 11.6 Å². The van der Waals surface area contributed by atoms with E-state index in [9.17, 15) is 0 Å². The van der Waals surface area contributed by atoms with Gasteiger partial charge in [-0.2, -0.15) is 0 Å². The van der Waals surface area contributed by atoms with Gasteiger partial charge in [-0.15, -0.1) is 0 Å². The molecule has 82 valence electrons. The number of pyridine rings is 1. The summed E-state index contributed by atoms with van der Waals surface area (Å²) in [6.45, 7) is 3.93. The second kappa shape index (κ2) is 4.26. The first kappa shape index (κ1) is 10.5. The molecule has 0 spiro atoms. The van der Waals surface area contributed by atoms with Gasteiger partial charge in [0.25, 0.3) is 0 Å². The lowest BCUT2D eigenvalue weighted by Gasteiger charge is -2.07. The molecule has 2 aromatic rings. The van der Waals surface area contributed by atoms with Gasteiger partial charge >= 0.3 is 0 Å². The summed E-state index contributed by atoms with van der Waals surface area (Å²) < 4.78 is 0. The first-order valence-corrected chi connectivity index (χ1v) is 5.15. The maximum atomic E-state index is 4.42. The summed E-state index contributed by atoms with van der Waals surface area (Å²) in [5.41, 5.74) is 3.11. The van der Waals surface area contributed by atoms with E-state index < -0.39 is 0 Å². The smallest absolute Gasteiger partial charge is 0.130 e. The summed E-state index contributed by atoms with van der Waals surface area (Å²) in [4.78, 5) is 12.8. The zero-order valence-electron chi connectivity index (χ0n) is 9.65. The van der Waals surface area contributed by atoms with E-state index in [1.54, 1.807) is 6.20 Å². The van der Waals surface area contributed by atoms with Crippen LogP contribution in [0.25, 0.3) is 11.3 Å². The Labute approximate surface area is 94.8 Å². The molecule has 0 saturated heterocycles. The third kappa shape index (κ3) is 2.00. The molecule has 16 heavy (non-hydrogen) atoms. The van der Waals surface area contributed by atoms with Crippen LogP contribution in [0.5, 0.6) is 0 Å². The molecule has 0 aliphatic carbocycles. The molecule has 0 atom stereocenters. The highest BCUT2D eigenvalue weighted by Gasteiger charge is 2.06. The van der Waals surface area contributed by atoms with Gasteiger partial charge in [-0.05, 0) is 25.5 Å². The predicted octanol–water partition coefficient (Wildman–Crippen LogP) is 2.20. The largest absolute Gasteiger partial charge is 0.373 e. The van der Waals surface area contributed by atoms with Crippen LogP contribution in [0, 0.1) is 13.8 Å². The number of nitrogens with one attached hydrogen (secondary N) is 1. The molecule has 0 saturated carbocycles. The molecule has 0 unspecified atom stereocenters. The van der Waals surface area contributed by atoms with Crippen LogP contribution in [-0.2, 0) is 0 Å². The molecular formula is C12H14N4. The maximum absolute atomic E-state index is 4.42. The molecule has 0 bridgehead atoms. The fourth-order valence-corrected chi connectivity index (χ4v) is 1.57. The topological polar surface area (TPSA) is 50.7 Å². The molecule has 4 nitrogen and oxygen atoms in total.